The molecule has 0 amide bonds. The van der Waals surface area contributed by atoms with E-state index in [1.54, 1.807) is 0 Å². The molecule has 6 N–H and O–H groups in total. The van der Waals surface area contributed by atoms with E-state index in [0.29, 0.717) is 0 Å². The van der Waals surface area contributed by atoms with E-state index in [-0.39, 0.29) is 112 Å². The number of hydrogen-bond donors (Lipinski definition) is 6. The van der Waals surface area contributed by atoms with Gasteiger partial charge in [-0.05, 0) is 0 Å². The molecule has 13 heavy (non-hydrogen) atoms. The van der Waals surface area contributed by atoms with Crippen LogP contribution in [0.2, 0.25) is 0 Å². The topological polar surface area (TPSA) is 156 Å². The Morgan fingerprint density at radius 2 is 0.692 bits per heavy atom. The van der Waals surface area contributed by atoms with Gasteiger partial charge in [0.05, 0.1) is 0 Å². The van der Waals surface area contributed by atoms with Crippen LogP contribution >= 0.6 is 15.6 Å². The molecule has 0 unspecified atom stereocenters. The molecular formula is H10KNa2O8P2+. The Labute approximate surface area is 162 Å². The van der Waals surface area contributed by atoms with Crippen molar-refractivity contribution in [2.24, 2.45) is 0 Å². The zero-order valence-electron chi connectivity index (χ0n) is 5.39. The molecule has 0 aliphatic rings. The van der Waals surface area contributed by atoms with Gasteiger partial charge >= 0.3 is 128 Å². The first-order valence-corrected chi connectivity index (χ1v) is 4.70. The van der Waals surface area contributed by atoms with Gasteiger partial charge in [0, 0.05) is 0 Å². The van der Waals surface area contributed by atoms with Gasteiger partial charge < -0.3 is 29.4 Å². The second-order valence-corrected chi connectivity index (χ2v) is 3.08. The van der Waals surface area contributed by atoms with Crippen molar-refractivity contribution >= 4 is 126 Å². The fourth-order valence-electron chi connectivity index (χ4n) is 0. The van der Waals surface area contributed by atoms with E-state index in [4.69, 9.17) is 38.5 Å². The van der Waals surface area contributed by atoms with Crippen LogP contribution in [0.3, 0.4) is 0 Å². The predicted octanol–water partition coefficient (Wildman–Crippen LogP) is -3.69. The van der Waals surface area contributed by atoms with Crippen LogP contribution in [0.5, 0.6) is 0 Å². The van der Waals surface area contributed by atoms with E-state index < -0.39 is 15.6 Å². The predicted molar refractivity (Wildman–Crippen MR) is 51.1 cm³/mol. The van der Waals surface area contributed by atoms with Crippen LogP contribution in [0.15, 0.2) is 0 Å². The summed E-state index contributed by atoms with van der Waals surface area (Å²) in [6.45, 7) is 0. The summed E-state index contributed by atoms with van der Waals surface area (Å²) in [6, 6.07) is 0. The van der Waals surface area contributed by atoms with E-state index >= 15 is 0 Å². The van der Waals surface area contributed by atoms with Crippen LogP contribution in [0.4, 0.5) is 0 Å². The first-order chi connectivity index (χ1) is 4.00. The van der Waals surface area contributed by atoms with Gasteiger partial charge in [0.1, 0.15) is 0 Å². The van der Waals surface area contributed by atoms with E-state index in [2.05, 4.69) is 0 Å². The molecule has 0 aliphatic carbocycles. The SMILES string of the molecule is O=P(O)(O)O.O=P(O)(O)O.[H+].[KH].[NaH].[NaH]. The molecule has 0 radical (unpaired) electrons. The molecule has 0 aromatic rings. The number of hydrogen-bond acceptors (Lipinski definition) is 2. The van der Waals surface area contributed by atoms with Crippen LogP contribution < -0.4 is 0 Å². The maximum atomic E-state index is 8.88. The number of rotatable bonds is 0. The van der Waals surface area contributed by atoms with Crippen molar-refractivity contribution in [2.45, 2.75) is 0 Å². The Kier molecular flexibility index (Phi) is 32.3. The minimum atomic E-state index is -4.64. The Balaban J connectivity index is -0.0000000178. The average Bonchev–Trinajstić information content (AvgIpc) is 1.12. The van der Waals surface area contributed by atoms with E-state index in [1.807, 2.05) is 0 Å². The fraction of sp³-hybridized carbons (Fsp3) is 0. The van der Waals surface area contributed by atoms with Crippen LogP contribution in [0.1, 0.15) is 1.43 Å². The quantitative estimate of drug-likeness (QED) is 0.196. The Morgan fingerprint density at radius 1 is 0.692 bits per heavy atom. The van der Waals surface area contributed by atoms with Gasteiger partial charge in [0.15, 0.2) is 0 Å². The van der Waals surface area contributed by atoms with Crippen LogP contribution in [0, 0.1) is 0 Å². The van der Waals surface area contributed by atoms with Crippen molar-refractivity contribution in [1.82, 2.24) is 0 Å². The molecule has 0 aliphatic heterocycles. The van der Waals surface area contributed by atoms with Crippen molar-refractivity contribution in [3.05, 3.63) is 0 Å². The van der Waals surface area contributed by atoms with Gasteiger partial charge in [-0.2, -0.15) is 0 Å². The molecule has 0 bridgehead atoms. The van der Waals surface area contributed by atoms with E-state index in [9.17, 15) is 0 Å². The summed E-state index contributed by atoms with van der Waals surface area (Å²) in [5.41, 5.74) is 0. The van der Waals surface area contributed by atoms with Crippen molar-refractivity contribution in [3.63, 3.8) is 0 Å². The third kappa shape index (κ3) is 205. The van der Waals surface area contributed by atoms with Gasteiger partial charge in [0.2, 0.25) is 0 Å². The third-order valence-corrected chi connectivity index (χ3v) is 0. The molecule has 0 spiro atoms. The van der Waals surface area contributed by atoms with Crippen molar-refractivity contribution in [2.75, 3.05) is 0 Å². The maximum absolute atomic E-state index is 8.88. The van der Waals surface area contributed by atoms with Crippen LogP contribution in [-0.2, 0) is 9.13 Å². The zero-order chi connectivity index (χ0) is 9.00. The minimum absolute atomic E-state index is 0. The normalized spacial score (nSPS) is 9.08. The third-order valence-electron chi connectivity index (χ3n) is 0. The molecule has 0 aromatic carbocycles. The molecule has 0 saturated heterocycles. The molecular weight excluding hydrogens is 275 g/mol. The van der Waals surface area contributed by atoms with Gasteiger partial charge in [-0.15, -0.1) is 0 Å². The first-order valence-electron chi connectivity index (χ1n) is 1.57. The zero-order valence-corrected chi connectivity index (χ0v) is 6.18. The second kappa shape index (κ2) is 13.9. The summed E-state index contributed by atoms with van der Waals surface area (Å²) in [4.78, 5) is 43.1. The number of phosphoric acid groups is 2. The average molecular weight is 285 g/mol. The van der Waals surface area contributed by atoms with Gasteiger partial charge in [0.25, 0.3) is 0 Å². The summed E-state index contributed by atoms with van der Waals surface area (Å²) in [6.07, 6.45) is 0. The molecule has 13 heteroatoms. The second-order valence-electron chi connectivity index (χ2n) is 1.03. The summed E-state index contributed by atoms with van der Waals surface area (Å²) in [5.74, 6) is 0. The van der Waals surface area contributed by atoms with Crippen molar-refractivity contribution in [3.8, 4) is 0 Å². The molecule has 0 atom stereocenters. The summed E-state index contributed by atoms with van der Waals surface area (Å²) in [5, 5.41) is 0. The Morgan fingerprint density at radius 3 is 0.692 bits per heavy atom. The molecule has 0 aromatic heterocycles. The molecule has 0 rings (SSSR count). The standard InChI is InChI=1S/K.2Na.2H3O4P.3H/c;;;2*1-5(2,3)4;;;/h;;;2*(H3,1,2,3,4);;;/p+1. The summed E-state index contributed by atoms with van der Waals surface area (Å²) in [7, 11) is -9.28. The summed E-state index contributed by atoms with van der Waals surface area (Å²) >= 11 is 0. The first kappa shape index (κ1) is 30.1. The van der Waals surface area contributed by atoms with Crippen LogP contribution in [0.25, 0.3) is 0 Å². The molecule has 8 nitrogen and oxygen atoms in total. The van der Waals surface area contributed by atoms with E-state index in [0.717, 1.165) is 0 Å². The molecule has 0 heterocycles. The Hall–Kier alpha value is 3.86. The van der Waals surface area contributed by atoms with Gasteiger partial charge in [-0.1, -0.05) is 0 Å². The van der Waals surface area contributed by atoms with Crippen molar-refractivity contribution < 1.29 is 39.9 Å². The fourth-order valence-corrected chi connectivity index (χ4v) is 0. The van der Waals surface area contributed by atoms with Crippen molar-refractivity contribution in [1.29, 1.82) is 0 Å². The van der Waals surface area contributed by atoms with Crippen LogP contribution in [-0.4, -0.2) is 140 Å². The van der Waals surface area contributed by atoms with E-state index in [1.165, 1.54) is 0 Å². The molecule has 0 fully saturated rings. The van der Waals surface area contributed by atoms with Gasteiger partial charge in [-0.3, -0.25) is 0 Å². The Bertz CT molecular complexity index is 138. The molecule has 70 valence electrons. The summed E-state index contributed by atoms with van der Waals surface area (Å²) < 4.78 is 17.8. The molecule has 0 saturated carbocycles. The van der Waals surface area contributed by atoms with Gasteiger partial charge in [-0.25, -0.2) is 9.13 Å². The monoisotopic (exact) mass is 285 g/mol.